The third kappa shape index (κ3) is 4.05. The van der Waals surface area contributed by atoms with Gasteiger partial charge in [-0.05, 0) is 50.2 Å². The van der Waals surface area contributed by atoms with Crippen LogP contribution in [0.25, 0.3) is 0 Å². The second kappa shape index (κ2) is 7.77. The summed E-state index contributed by atoms with van der Waals surface area (Å²) in [6.07, 6.45) is 5.20. The number of hydrogen-bond acceptors (Lipinski definition) is 3. The monoisotopic (exact) mass is 277 g/mol. The number of ether oxygens (including phenoxy) is 1. The van der Waals surface area contributed by atoms with Gasteiger partial charge < -0.3 is 15.6 Å². The first kappa shape index (κ1) is 15.5. The van der Waals surface area contributed by atoms with E-state index in [2.05, 4.69) is 19.1 Å². The van der Waals surface area contributed by atoms with Gasteiger partial charge in [-0.25, -0.2) is 0 Å². The van der Waals surface area contributed by atoms with E-state index in [0.29, 0.717) is 12.6 Å². The minimum Gasteiger partial charge on any atom is -0.392 e. The molecule has 2 rings (SSSR count). The number of nitrogens with two attached hydrogens (primary N) is 1. The Bertz CT molecular complexity index is 402. The van der Waals surface area contributed by atoms with Crippen molar-refractivity contribution in [3.05, 3.63) is 35.4 Å². The van der Waals surface area contributed by atoms with Crippen LogP contribution in [0.3, 0.4) is 0 Å². The van der Waals surface area contributed by atoms with E-state index in [1.165, 1.54) is 24.0 Å². The van der Waals surface area contributed by atoms with Gasteiger partial charge >= 0.3 is 0 Å². The molecule has 0 spiro atoms. The van der Waals surface area contributed by atoms with Gasteiger partial charge in [-0.1, -0.05) is 24.3 Å². The van der Waals surface area contributed by atoms with Crippen LogP contribution in [0, 0.1) is 6.92 Å². The minimum atomic E-state index is -0.383. The summed E-state index contributed by atoms with van der Waals surface area (Å²) >= 11 is 0. The Morgan fingerprint density at radius 1 is 1.35 bits per heavy atom. The predicted octanol–water partition coefficient (Wildman–Crippen LogP) is 2.75. The number of aliphatic hydroxyl groups excluding tert-OH is 1. The third-order valence-corrected chi connectivity index (χ3v) is 4.36. The van der Waals surface area contributed by atoms with Gasteiger partial charge in [-0.2, -0.15) is 0 Å². The van der Waals surface area contributed by atoms with Crippen LogP contribution in [0.15, 0.2) is 24.3 Å². The van der Waals surface area contributed by atoms with Crippen molar-refractivity contribution in [1.82, 2.24) is 0 Å². The average Bonchev–Trinajstić information content (AvgIpc) is 2.49. The van der Waals surface area contributed by atoms with Crippen LogP contribution in [-0.4, -0.2) is 30.5 Å². The van der Waals surface area contributed by atoms with Gasteiger partial charge in [0.2, 0.25) is 0 Å². The summed E-state index contributed by atoms with van der Waals surface area (Å²) in [5, 5.41) is 10.5. The molecule has 1 heterocycles. The van der Waals surface area contributed by atoms with Crippen molar-refractivity contribution in [1.29, 1.82) is 0 Å². The summed E-state index contributed by atoms with van der Waals surface area (Å²) in [7, 11) is 0. The molecule has 20 heavy (non-hydrogen) atoms. The zero-order chi connectivity index (χ0) is 14.4. The number of aliphatic hydroxyl groups is 1. The fraction of sp³-hybridized carbons (Fsp3) is 0.647. The van der Waals surface area contributed by atoms with Crippen LogP contribution in [0.1, 0.15) is 49.1 Å². The summed E-state index contributed by atoms with van der Waals surface area (Å²) in [6.45, 7) is 3.44. The SMILES string of the molecule is Cc1ccccc1C(CN)C(O)CCC1CCCCO1. The maximum atomic E-state index is 10.5. The van der Waals surface area contributed by atoms with E-state index in [0.717, 1.165) is 25.9 Å². The quantitative estimate of drug-likeness (QED) is 0.840. The molecule has 3 atom stereocenters. The number of benzene rings is 1. The number of aryl methyl sites for hydroxylation is 1. The summed E-state index contributed by atoms with van der Waals surface area (Å²) in [4.78, 5) is 0. The van der Waals surface area contributed by atoms with Gasteiger partial charge in [0.05, 0.1) is 12.2 Å². The van der Waals surface area contributed by atoms with Crippen LogP contribution in [0.2, 0.25) is 0 Å². The molecular weight excluding hydrogens is 250 g/mol. The Kier molecular flexibility index (Phi) is 6.02. The second-order valence-corrected chi connectivity index (χ2v) is 5.83. The van der Waals surface area contributed by atoms with Crippen LogP contribution < -0.4 is 5.73 Å². The van der Waals surface area contributed by atoms with E-state index in [-0.39, 0.29) is 12.0 Å². The Morgan fingerprint density at radius 2 is 2.15 bits per heavy atom. The van der Waals surface area contributed by atoms with Crippen molar-refractivity contribution in [2.24, 2.45) is 5.73 Å². The average molecular weight is 277 g/mol. The van der Waals surface area contributed by atoms with Crippen LogP contribution in [0.4, 0.5) is 0 Å². The molecule has 1 aliphatic rings. The van der Waals surface area contributed by atoms with Gasteiger partial charge in [0.25, 0.3) is 0 Å². The van der Waals surface area contributed by atoms with E-state index in [1.807, 2.05) is 12.1 Å². The van der Waals surface area contributed by atoms with Crippen molar-refractivity contribution < 1.29 is 9.84 Å². The minimum absolute atomic E-state index is 0.0276. The van der Waals surface area contributed by atoms with Crippen LogP contribution in [0.5, 0.6) is 0 Å². The van der Waals surface area contributed by atoms with Crippen LogP contribution in [-0.2, 0) is 4.74 Å². The highest BCUT2D eigenvalue weighted by molar-refractivity contribution is 5.30. The molecule has 0 amide bonds. The molecule has 0 radical (unpaired) electrons. The zero-order valence-corrected chi connectivity index (χ0v) is 12.4. The third-order valence-electron chi connectivity index (χ3n) is 4.36. The van der Waals surface area contributed by atoms with Crippen molar-refractivity contribution in [3.8, 4) is 0 Å². The molecule has 1 aliphatic heterocycles. The molecule has 0 aromatic heterocycles. The first-order valence-corrected chi connectivity index (χ1v) is 7.77. The van der Waals surface area contributed by atoms with Crippen LogP contribution >= 0.6 is 0 Å². The van der Waals surface area contributed by atoms with Crippen molar-refractivity contribution in [2.45, 2.75) is 57.2 Å². The summed E-state index contributed by atoms with van der Waals surface area (Å²) in [5.74, 6) is 0.0276. The molecule has 112 valence electrons. The Morgan fingerprint density at radius 3 is 2.80 bits per heavy atom. The lowest BCUT2D eigenvalue weighted by molar-refractivity contribution is 0.000418. The van der Waals surface area contributed by atoms with Crippen molar-refractivity contribution >= 4 is 0 Å². The molecule has 1 aromatic carbocycles. The molecule has 0 saturated carbocycles. The first-order valence-electron chi connectivity index (χ1n) is 7.77. The van der Waals surface area contributed by atoms with E-state index in [1.54, 1.807) is 0 Å². The lowest BCUT2D eigenvalue weighted by atomic mass is 9.87. The lowest BCUT2D eigenvalue weighted by Gasteiger charge is -2.27. The fourth-order valence-corrected chi connectivity index (χ4v) is 3.09. The fourth-order valence-electron chi connectivity index (χ4n) is 3.09. The smallest absolute Gasteiger partial charge is 0.0621 e. The number of hydrogen-bond donors (Lipinski definition) is 2. The lowest BCUT2D eigenvalue weighted by Crippen LogP contribution is -2.28. The molecule has 3 heteroatoms. The largest absolute Gasteiger partial charge is 0.392 e. The van der Waals surface area contributed by atoms with E-state index >= 15 is 0 Å². The van der Waals surface area contributed by atoms with E-state index in [4.69, 9.17) is 10.5 Å². The summed E-state index contributed by atoms with van der Waals surface area (Å²) < 4.78 is 5.73. The topological polar surface area (TPSA) is 55.5 Å². The maximum absolute atomic E-state index is 10.5. The molecule has 1 saturated heterocycles. The Hall–Kier alpha value is -0.900. The van der Waals surface area contributed by atoms with Gasteiger partial charge in [-0.15, -0.1) is 0 Å². The standard InChI is InChI=1S/C17H27NO2/c1-13-6-2-3-8-15(13)16(12-18)17(19)10-9-14-7-4-5-11-20-14/h2-3,6,8,14,16-17,19H,4-5,7,9-12,18H2,1H3. The highest BCUT2D eigenvalue weighted by atomic mass is 16.5. The molecular formula is C17H27NO2. The molecule has 3 unspecified atom stereocenters. The van der Waals surface area contributed by atoms with Gasteiger partial charge in [-0.3, -0.25) is 0 Å². The van der Waals surface area contributed by atoms with Crippen molar-refractivity contribution in [3.63, 3.8) is 0 Å². The van der Waals surface area contributed by atoms with Gasteiger partial charge in [0, 0.05) is 19.1 Å². The predicted molar refractivity (Wildman–Crippen MR) is 81.8 cm³/mol. The highest BCUT2D eigenvalue weighted by Crippen LogP contribution is 2.26. The second-order valence-electron chi connectivity index (χ2n) is 5.83. The van der Waals surface area contributed by atoms with Gasteiger partial charge in [0.15, 0.2) is 0 Å². The summed E-state index contributed by atoms with van der Waals surface area (Å²) in [5.41, 5.74) is 8.27. The number of rotatable bonds is 6. The zero-order valence-electron chi connectivity index (χ0n) is 12.4. The van der Waals surface area contributed by atoms with Crippen molar-refractivity contribution in [2.75, 3.05) is 13.2 Å². The Balaban J connectivity index is 1.91. The summed E-state index contributed by atoms with van der Waals surface area (Å²) in [6, 6.07) is 8.19. The molecule has 1 fully saturated rings. The van der Waals surface area contributed by atoms with E-state index in [9.17, 15) is 5.11 Å². The van der Waals surface area contributed by atoms with E-state index < -0.39 is 0 Å². The Labute approximate surface area is 122 Å². The molecule has 1 aromatic rings. The molecule has 0 bridgehead atoms. The maximum Gasteiger partial charge on any atom is 0.0621 e. The molecule has 3 nitrogen and oxygen atoms in total. The highest BCUT2D eigenvalue weighted by Gasteiger charge is 2.23. The molecule has 0 aliphatic carbocycles. The first-order chi connectivity index (χ1) is 9.72. The van der Waals surface area contributed by atoms with Gasteiger partial charge in [0.1, 0.15) is 0 Å². The molecule has 3 N–H and O–H groups in total. The normalized spacial score (nSPS) is 22.4.